The van der Waals surface area contributed by atoms with Gasteiger partial charge in [0, 0.05) is 38.9 Å². The van der Waals surface area contributed by atoms with Crippen molar-refractivity contribution in [1.82, 2.24) is 14.2 Å². The summed E-state index contributed by atoms with van der Waals surface area (Å²) < 4.78 is 82.7. The Morgan fingerprint density at radius 2 is 0.711 bits per heavy atom. The molecule has 218 valence electrons. The van der Waals surface area contributed by atoms with Gasteiger partial charge in [0.2, 0.25) is 30.1 Å². The molecule has 0 rings (SSSR count). The lowest BCUT2D eigenvalue weighted by molar-refractivity contribution is 0.530. The first kappa shape index (κ1) is 36.2. The first-order chi connectivity index (χ1) is 17.9. The van der Waals surface area contributed by atoms with Crippen LogP contribution in [0.5, 0.6) is 0 Å². The van der Waals surface area contributed by atoms with Gasteiger partial charge in [-0.3, -0.25) is 0 Å². The van der Waals surface area contributed by atoms with Crippen molar-refractivity contribution >= 4 is 30.1 Å². The molecule has 0 radical (unpaired) electrons. The molecule has 38 heavy (non-hydrogen) atoms. The summed E-state index contributed by atoms with van der Waals surface area (Å²) in [4.78, 5) is 0. The lowest BCUT2D eigenvalue weighted by Crippen LogP contribution is -2.62. The molecule has 3 N–H and O–H groups in total. The number of unbranched alkanes of at least 4 members (excludes halogenated alkanes) is 12. The fourth-order valence-corrected chi connectivity index (χ4v) is 10.0. The smallest absolute Gasteiger partial charge is 0.213 e. The molecular formula is C23H42N6O6S3. The minimum absolute atomic E-state index is 0.146. The Bertz CT molecular complexity index is 979. The van der Waals surface area contributed by atoms with E-state index in [2.05, 4.69) is 14.2 Å². The molecule has 0 aromatic carbocycles. The Kier molecular flexibility index (Phi) is 18.4. The minimum Gasteiger partial charge on any atom is -0.213 e. The molecule has 0 saturated heterocycles. The Hall–Kier alpha value is -1.80. The van der Waals surface area contributed by atoms with Gasteiger partial charge in [-0.05, 0) is 45.4 Å². The second kappa shape index (κ2) is 19.3. The number of hydrogen-bond acceptors (Lipinski definition) is 9. The van der Waals surface area contributed by atoms with E-state index in [4.69, 9.17) is 15.8 Å². The van der Waals surface area contributed by atoms with Crippen LogP contribution in [0.1, 0.15) is 103 Å². The van der Waals surface area contributed by atoms with Crippen molar-refractivity contribution in [2.24, 2.45) is 0 Å². The van der Waals surface area contributed by atoms with E-state index in [1.54, 1.807) is 0 Å². The molecule has 0 spiro atoms. The van der Waals surface area contributed by atoms with E-state index in [0.717, 1.165) is 0 Å². The molecular weight excluding hydrogens is 552 g/mol. The molecule has 0 unspecified atom stereocenters. The van der Waals surface area contributed by atoms with Crippen molar-refractivity contribution in [3.63, 3.8) is 0 Å². The average molecular weight is 595 g/mol. The van der Waals surface area contributed by atoms with Crippen LogP contribution in [-0.4, -0.2) is 48.3 Å². The maximum Gasteiger partial charge on any atom is 0.310 e. The number of rotatable bonds is 24. The number of nitrogens with one attached hydrogen (secondary N) is 3. The number of sulfonamides is 3. The summed E-state index contributed by atoms with van der Waals surface area (Å²) >= 11 is 0. The monoisotopic (exact) mass is 594 g/mol. The van der Waals surface area contributed by atoms with Crippen molar-refractivity contribution in [2.45, 2.75) is 107 Å². The molecule has 0 aliphatic carbocycles. The molecule has 0 bridgehead atoms. The summed E-state index contributed by atoms with van der Waals surface area (Å²) in [6.45, 7) is 0.237. The first-order valence-corrected chi connectivity index (χ1v) is 17.5. The van der Waals surface area contributed by atoms with Crippen LogP contribution in [-0.2, 0) is 30.1 Å². The van der Waals surface area contributed by atoms with E-state index in [9.17, 15) is 25.3 Å². The van der Waals surface area contributed by atoms with Gasteiger partial charge in [0.25, 0.3) is 0 Å². The SMILES string of the molecule is CC(S(=O)(=O)NCCCCCCC#N)(S(=O)(=O)NCCCCCCC#N)S(=O)(=O)NCCCCCCC#N. The lowest BCUT2D eigenvalue weighted by Gasteiger charge is -2.29. The van der Waals surface area contributed by atoms with Crippen molar-refractivity contribution in [3.05, 3.63) is 0 Å². The third-order valence-electron chi connectivity index (χ3n) is 5.99. The van der Waals surface area contributed by atoms with Gasteiger partial charge in [0.15, 0.2) is 0 Å². The topological polar surface area (TPSA) is 210 Å². The van der Waals surface area contributed by atoms with E-state index in [0.29, 0.717) is 103 Å². The van der Waals surface area contributed by atoms with Crippen LogP contribution >= 0.6 is 0 Å². The largest absolute Gasteiger partial charge is 0.310 e. The van der Waals surface area contributed by atoms with Gasteiger partial charge in [-0.2, -0.15) is 15.8 Å². The Balaban J connectivity index is 5.50. The standard InChI is InChI=1S/C23H42N6O6S3/c1-23(36(30,31)27-20-14-8-2-5-11-17-24,37(32,33)28-21-15-9-3-6-12-18-25)38(34,35)29-22-16-10-4-7-13-19-26/h27-29H,2-16,20-22H2,1H3. The fraction of sp³-hybridized carbons (Fsp3) is 0.870. The highest BCUT2D eigenvalue weighted by Gasteiger charge is 2.61. The van der Waals surface area contributed by atoms with Crippen LogP contribution in [0.3, 0.4) is 0 Å². The Morgan fingerprint density at radius 1 is 0.474 bits per heavy atom. The molecule has 0 saturated carbocycles. The van der Waals surface area contributed by atoms with Gasteiger partial charge in [-0.15, -0.1) is 0 Å². The summed E-state index contributed by atoms with van der Waals surface area (Å²) in [6.07, 6.45) is 8.03. The third kappa shape index (κ3) is 12.4. The predicted octanol–water partition coefficient (Wildman–Crippen LogP) is 2.84. The van der Waals surface area contributed by atoms with E-state index in [1.807, 2.05) is 18.2 Å². The van der Waals surface area contributed by atoms with E-state index in [-0.39, 0.29) is 19.6 Å². The zero-order valence-electron chi connectivity index (χ0n) is 22.2. The molecule has 0 aliphatic heterocycles. The van der Waals surface area contributed by atoms with Gasteiger partial charge in [-0.25, -0.2) is 39.4 Å². The van der Waals surface area contributed by atoms with Gasteiger partial charge >= 0.3 is 3.41 Å². The van der Waals surface area contributed by atoms with Crippen LogP contribution in [0, 0.1) is 34.0 Å². The molecule has 15 heteroatoms. The summed E-state index contributed by atoms with van der Waals surface area (Å²) in [7, 11) is -14.8. The molecule has 0 amide bonds. The van der Waals surface area contributed by atoms with Gasteiger partial charge in [0.05, 0.1) is 18.2 Å². The van der Waals surface area contributed by atoms with Crippen LogP contribution < -0.4 is 14.2 Å². The summed E-state index contributed by atoms with van der Waals surface area (Å²) in [5.74, 6) is 0. The molecule has 0 atom stereocenters. The Labute approximate surface area is 229 Å². The zero-order valence-corrected chi connectivity index (χ0v) is 24.7. The van der Waals surface area contributed by atoms with Crippen molar-refractivity contribution in [1.29, 1.82) is 15.8 Å². The second-order valence-corrected chi connectivity index (χ2v) is 16.1. The minimum atomic E-state index is -4.92. The maximum absolute atomic E-state index is 13.2. The Morgan fingerprint density at radius 3 is 0.947 bits per heavy atom. The molecule has 0 aromatic heterocycles. The average Bonchev–Trinajstić information content (AvgIpc) is 2.86. The van der Waals surface area contributed by atoms with Crippen LogP contribution in [0.4, 0.5) is 0 Å². The van der Waals surface area contributed by atoms with E-state index < -0.39 is 33.5 Å². The summed E-state index contributed by atoms with van der Waals surface area (Å²) in [5.41, 5.74) is 0. The number of hydrogen-bond donors (Lipinski definition) is 3. The molecule has 0 aliphatic rings. The predicted molar refractivity (Wildman–Crippen MR) is 145 cm³/mol. The number of nitrogens with zero attached hydrogens (tertiary/aromatic N) is 3. The fourth-order valence-electron chi connectivity index (χ4n) is 3.49. The van der Waals surface area contributed by atoms with E-state index in [1.165, 1.54) is 0 Å². The third-order valence-corrected chi connectivity index (χ3v) is 14.6. The zero-order chi connectivity index (χ0) is 29.0. The number of nitriles is 3. The molecule has 0 fully saturated rings. The maximum atomic E-state index is 13.2. The normalized spacial score (nSPS) is 12.5. The highest BCUT2D eigenvalue weighted by atomic mass is 32.3. The first-order valence-electron chi connectivity index (χ1n) is 13.0. The van der Waals surface area contributed by atoms with Gasteiger partial charge in [0.1, 0.15) is 0 Å². The van der Waals surface area contributed by atoms with Crippen molar-refractivity contribution in [2.75, 3.05) is 19.6 Å². The molecule has 12 nitrogen and oxygen atoms in total. The van der Waals surface area contributed by atoms with Crippen LogP contribution in [0.15, 0.2) is 0 Å². The lowest BCUT2D eigenvalue weighted by atomic mass is 10.1. The highest BCUT2D eigenvalue weighted by Crippen LogP contribution is 2.29. The van der Waals surface area contributed by atoms with Gasteiger partial charge in [-0.1, -0.05) is 38.5 Å². The van der Waals surface area contributed by atoms with Crippen LogP contribution in [0.2, 0.25) is 0 Å². The van der Waals surface area contributed by atoms with Crippen molar-refractivity contribution in [3.8, 4) is 18.2 Å². The summed E-state index contributed by atoms with van der Waals surface area (Å²) in [5, 5.41) is 25.7. The van der Waals surface area contributed by atoms with E-state index >= 15 is 0 Å². The van der Waals surface area contributed by atoms with Crippen LogP contribution in [0.25, 0.3) is 0 Å². The second-order valence-electron chi connectivity index (χ2n) is 9.02. The van der Waals surface area contributed by atoms with Gasteiger partial charge < -0.3 is 0 Å². The van der Waals surface area contributed by atoms with Crippen molar-refractivity contribution < 1.29 is 25.3 Å². The molecule has 0 aromatic rings. The summed E-state index contributed by atoms with van der Waals surface area (Å²) in [6, 6.07) is 6.06. The quantitative estimate of drug-likeness (QED) is 0.140. The highest BCUT2D eigenvalue weighted by molar-refractivity contribution is 8.24. The molecule has 0 heterocycles.